The number of carboxylic acid groups (broad SMARTS) is 1. The van der Waals surface area contributed by atoms with Gasteiger partial charge in [-0.3, -0.25) is 4.79 Å². The van der Waals surface area contributed by atoms with Crippen LogP contribution in [0.1, 0.15) is 78.1 Å². The zero-order valence-corrected chi connectivity index (χ0v) is 15.6. The SMILES string of the molecule is CCCCCCCCCCCCON[C@@H](C)C(=O)O.[Na]. The van der Waals surface area contributed by atoms with Crippen molar-refractivity contribution in [3.8, 4) is 0 Å². The normalized spacial score (nSPS) is 11.9. The largest absolute Gasteiger partial charge is 0.480 e. The molecular formula is C15H31NNaO3. The van der Waals surface area contributed by atoms with Crippen LogP contribution < -0.4 is 5.48 Å². The average Bonchev–Trinajstić information content (AvgIpc) is 2.39. The smallest absolute Gasteiger partial charge is 0.322 e. The van der Waals surface area contributed by atoms with Crippen molar-refractivity contribution in [2.75, 3.05) is 6.61 Å². The molecule has 4 nitrogen and oxygen atoms in total. The number of carbonyl (C=O) groups is 1. The molecule has 0 aromatic heterocycles. The third kappa shape index (κ3) is 16.4. The first-order valence-electron chi connectivity index (χ1n) is 7.78. The summed E-state index contributed by atoms with van der Waals surface area (Å²) in [4.78, 5) is 15.6. The van der Waals surface area contributed by atoms with E-state index in [-0.39, 0.29) is 29.6 Å². The summed E-state index contributed by atoms with van der Waals surface area (Å²) in [6, 6.07) is -0.636. The maximum absolute atomic E-state index is 10.5. The second kappa shape index (κ2) is 17.4. The van der Waals surface area contributed by atoms with Gasteiger partial charge in [0.25, 0.3) is 0 Å². The molecule has 0 aliphatic rings. The summed E-state index contributed by atoms with van der Waals surface area (Å²) in [6.45, 7) is 4.41. The zero-order valence-electron chi connectivity index (χ0n) is 13.6. The average molecular weight is 296 g/mol. The van der Waals surface area contributed by atoms with Crippen LogP contribution in [0.5, 0.6) is 0 Å². The van der Waals surface area contributed by atoms with Crippen molar-refractivity contribution in [2.24, 2.45) is 0 Å². The minimum Gasteiger partial charge on any atom is -0.480 e. The van der Waals surface area contributed by atoms with Crippen LogP contribution in [-0.2, 0) is 9.63 Å². The molecular weight excluding hydrogens is 265 g/mol. The number of hydrogen-bond donors (Lipinski definition) is 2. The summed E-state index contributed by atoms with van der Waals surface area (Å²) < 4.78 is 0. The van der Waals surface area contributed by atoms with E-state index in [0.717, 1.165) is 12.8 Å². The van der Waals surface area contributed by atoms with Crippen molar-refractivity contribution in [3.63, 3.8) is 0 Å². The summed E-state index contributed by atoms with van der Waals surface area (Å²) in [5.41, 5.74) is 2.51. The van der Waals surface area contributed by atoms with E-state index in [1.54, 1.807) is 6.92 Å². The molecule has 2 N–H and O–H groups in total. The Morgan fingerprint density at radius 1 is 1.00 bits per heavy atom. The van der Waals surface area contributed by atoms with Crippen LogP contribution >= 0.6 is 0 Å². The van der Waals surface area contributed by atoms with Crippen LogP contribution in [0.15, 0.2) is 0 Å². The number of hydrogen-bond acceptors (Lipinski definition) is 3. The first-order chi connectivity index (χ1) is 9.18. The second-order valence-corrected chi connectivity index (χ2v) is 5.21. The van der Waals surface area contributed by atoms with Gasteiger partial charge in [-0.25, -0.2) is 0 Å². The van der Waals surface area contributed by atoms with Gasteiger partial charge in [-0.1, -0.05) is 64.7 Å². The van der Waals surface area contributed by atoms with Gasteiger partial charge >= 0.3 is 5.97 Å². The number of hydroxylamine groups is 1. The van der Waals surface area contributed by atoms with Crippen LogP contribution in [0, 0.1) is 0 Å². The van der Waals surface area contributed by atoms with Gasteiger partial charge in [-0.15, -0.1) is 0 Å². The van der Waals surface area contributed by atoms with Gasteiger partial charge in [0.1, 0.15) is 6.04 Å². The molecule has 0 amide bonds. The Kier molecular flexibility index (Phi) is 19.8. The minimum absolute atomic E-state index is 0. The molecule has 0 saturated heterocycles. The van der Waals surface area contributed by atoms with E-state index in [1.807, 2.05) is 0 Å². The summed E-state index contributed by atoms with van der Waals surface area (Å²) in [5, 5.41) is 8.62. The summed E-state index contributed by atoms with van der Waals surface area (Å²) in [5.74, 6) is -0.886. The van der Waals surface area contributed by atoms with Gasteiger partial charge < -0.3 is 9.94 Å². The molecule has 0 fully saturated rings. The molecule has 1 atom stereocenters. The molecule has 0 aliphatic heterocycles. The van der Waals surface area contributed by atoms with E-state index < -0.39 is 12.0 Å². The quantitative estimate of drug-likeness (QED) is 0.292. The molecule has 0 aliphatic carbocycles. The molecule has 0 saturated carbocycles. The Morgan fingerprint density at radius 2 is 1.45 bits per heavy atom. The number of rotatable bonds is 14. The summed E-state index contributed by atoms with van der Waals surface area (Å²) in [7, 11) is 0. The molecule has 5 heteroatoms. The molecule has 0 rings (SSSR count). The van der Waals surface area contributed by atoms with E-state index in [1.165, 1.54) is 51.4 Å². The summed E-state index contributed by atoms with van der Waals surface area (Å²) in [6.07, 6.45) is 12.9. The predicted octanol–water partition coefficient (Wildman–Crippen LogP) is 3.52. The van der Waals surface area contributed by atoms with Crippen molar-refractivity contribution >= 4 is 35.5 Å². The summed E-state index contributed by atoms with van der Waals surface area (Å²) >= 11 is 0. The second-order valence-electron chi connectivity index (χ2n) is 5.21. The minimum atomic E-state index is -0.886. The van der Waals surface area contributed by atoms with Gasteiger partial charge in [0.15, 0.2) is 0 Å². The maximum Gasteiger partial charge on any atom is 0.322 e. The van der Waals surface area contributed by atoms with Crippen LogP contribution in [0.2, 0.25) is 0 Å². The van der Waals surface area contributed by atoms with Gasteiger partial charge in [0, 0.05) is 29.6 Å². The van der Waals surface area contributed by atoms with Crippen LogP contribution in [0.25, 0.3) is 0 Å². The molecule has 0 aromatic carbocycles. The monoisotopic (exact) mass is 296 g/mol. The van der Waals surface area contributed by atoms with Crippen molar-refractivity contribution in [1.82, 2.24) is 5.48 Å². The first kappa shape index (κ1) is 22.7. The number of aliphatic carboxylic acids is 1. The molecule has 0 bridgehead atoms. The standard InChI is InChI=1S/C15H31NO3.Na/c1-3-4-5-6-7-8-9-10-11-12-13-19-16-14(2)15(17)18;/h14,16H,3-13H2,1-2H3,(H,17,18);/t14-;/m0./s1. The van der Waals surface area contributed by atoms with Crippen molar-refractivity contribution in [3.05, 3.63) is 0 Å². The maximum atomic E-state index is 10.5. The molecule has 0 aromatic rings. The Morgan fingerprint density at radius 3 is 1.90 bits per heavy atom. The van der Waals surface area contributed by atoms with Gasteiger partial charge in [-0.2, -0.15) is 5.48 Å². The van der Waals surface area contributed by atoms with E-state index in [0.29, 0.717) is 6.61 Å². The van der Waals surface area contributed by atoms with E-state index in [4.69, 9.17) is 9.94 Å². The van der Waals surface area contributed by atoms with Gasteiger partial charge in [0.05, 0.1) is 6.61 Å². The van der Waals surface area contributed by atoms with Gasteiger partial charge in [0.2, 0.25) is 0 Å². The number of unbranched alkanes of at least 4 members (excludes halogenated alkanes) is 9. The fraction of sp³-hybridized carbons (Fsp3) is 0.933. The molecule has 115 valence electrons. The first-order valence-corrected chi connectivity index (χ1v) is 7.78. The Balaban J connectivity index is 0. The third-order valence-electron chi connectivity index (χ3n) is 3.23. The molecule has 0 heterocycles. The topological polar surface area (TPSA) is 58.6 Å². The Hall–Kier alpha value is 0.390. The Labute approximate surface area is 146 Å². The van der Waals surface area contributed by atoms with Crippen molar-refractivity contribution in [1.29, 1.82) is 0 Å². The number of nitrogens with one attached hydrogen (secondary N) is 1. The van der Waals surface area contributed by atoms with E-state index in [2.05, 4.69) is 12.4 Å². The molecule has 0 spiro atoms. The Bertz CT molecular complexity index is 215. The van der Waals surface area contributed by atoms with E-state index >= 15 is 0 Å². The van der Waals surface area contributed by atoms with Crippen molar-refractivity contribution < 1.29 is 14.7 Å². The molecule has 1 radical (unpaired) electrons. The number of carboxylic acids is 1. The van der Waals surface area contributed by atoms with Crippen LogP contribution in [0.3, 0.4) is 0 Å². The fourth-order valence-electron chi connectivity index (χ4n) is 1.90. The molecule has 0 unspecified atom stereocenters. The fourth-order valence-corrected chi connectivity index (χ4v) is 1.90. The van der Waals surface area contributed by atoms with Crippen LogP contribution in [-0.4, -0.2) is 53.3 Å². The molecule has 20 heavy (non-hydrogen) atoms. The van der Waals surface area contributed by atoms with Crippen molar-refractivity contribution in [2.45, 2.75) is 84.1 Å². The predicted molar refractivity (Wildman–Crippen MR) is 83.8 cm³/mol. The third-order valence-corrected chi connectivity index (χ3v) is 3.23. The zero-order chi connectivity index (χ0) is 14.3. The van der Waals surface area contributed by atoms with Crippen LogP contribution in [0.4, 0.5) is 0 Å². The van der Waals surface area contributed by atoms with E-state index in [9.17, 15) is 4.79 Å². The van der Waals surface area contributed by atoms with Gasteiger partial charge in [-0.05, 0) is 13.3 Å².